The van der Waals surface area contributed by atoms with Crippen molar-refractivity contribution < 1.29 is 18.0 Å². The molecule has 0 radical (unpaired) electrons. The van der Waals surface area contributed by atoms with Gasteiger partial charge in [-0.3, -0.25) is 13.9 Å². The largest absolute Gasteiger partial charge is 0.354 e. The van der Waals surface area contributed by atoms with E-state index in [0.29, 0.717) is 22.2 Å². The van der Waals surface area contributed by atoms with Gasteiger partial charge in [0.1, 0.15) is 12.6 Å². The van der Waals surface area contributed by atoms with Crippen molar-refractivity contribution in [2.24, 2.45) is 0 Å². The van der Waals surface area contributed by atoms with Crippen LogP contribution in [0.5, 0.6) is 0 Å². The predicted octanol–water partition coefficient (Wildman–Crippen LogP) is 8.05. The molecule has 7 nitrogen and oxygen atoms in total. The second-order valence-corrected chi connectivity index (χ2v) is 14.0. The van der Waals surface area contributed by atoms with E-state index in [-0.39, 0.29) is 33.6 Å². The molecular formula is C34H33Cl4N3O4S. The first-order valence-electron chi connectivity index (χ1n) is 14.6. The Hall–Kier alpha value is -3.27. The van der Waals surface area contributed by atoms with E-state index >= 15 is 0 Å². The number of hydrogen-bond donors (Lipinski definition) is 1. The minimum Gasteiger partial charge on any atom is -0.354 e. The van der Waals surface area contributed by atoms with Crippen LogP contribution < -0.4 is 9.62 Å². The second kappa shape index (κ2) is 16.5. The molecule has 4 aromatic carbocycles. The predicted molar refractivity (Wildman–Crippen MR) is 186 cm³/mol. The number of nitrogens with zero attached hydrogens (tertiary/aromatic N) is 2. The van der Waals surface area contributed by atoms with Gasteiger partial charge in [-0.1, -0.05) is 114 Å². The van der Waals surface area contributed by atoms with Crippen LogP contribution in [0.2, 0.25) is 20.1 Å². The molecule has 0 aliphatic rings. The topological polar surface area (TPSA) is 86.8 Å². The summed E-state index contributed by atoms with van der Waals surface area (Å²) < 4.78 is 29.2. The van der Waals surface area contributed by atoms with Gasteiger partial charge in [0.2, 0.25) is 11.8 Å². The molecule has 0 aromatic heterocycles. The summed E-state index contributed by atoms with van der Waals surface area (Å²) in [5, 5.41) is 3.81. The lowest BCUT2D eigenvalue weighted by atomic mass is 10.0. The minimum atomic E-state index is -4.34. The number of nitrogens with one attached hydrogen (secondary N) is 1. The maximum Gasteiger partial charge on any atom is 0.264 e. The Morgan fingerprint density at radius 1 is 0.804 bits per heavy atom. The van der Waals surface area contributed by atoms with Crippen molar-refractivity contribution in [3.05, 3.63) is 128 Å². The van der Waals surface area contributed by atoms with E-state index in [0.717, 1.165) is 22.7 Å². The summed E-state index contributed by atoms with van der Waals surface area (Å²) in [6.45, 7) is 1.54. The van der Waals surface area contributed by atoms with Crippen molar-refractivity contribution >= 4 is 73.9 Å². The molecule has 1 N–H and O–H groups in total. The molecule has 0 saturated heterocycles. The summed E-state index contributed by atoms with van der Waals surface area (Å²) >= 11 is 25.9. The highest BCUT2D eigenvalue weighted by Crippen LogP contribution is 2.34. The molecule has 0 aliphatic carbocycles. The molecule has 46 heavy (non-hydrogen) atoms. The van der Waals surface area contributed by atoms with Crippen LogP contribution in [0.3, 0.4) is 0 Å². The van der Waals surface area contributed by atoms with Crippen LogP contribution in [0.25, 0.3) is 0 Å². The summed E-state index contributed by atoms with van der Waals surface area (Å²) in [7, 11) is -4.34. The van der Waals surface area contributed by atoms with E-state index in [9.17, 15) is 18.0 Å². The Labute approximate surface area is 290 Å². The van der Waals surface area contributed by atoms with E-state index in [1.807, 2.05) is 37.3 Å². The molecule has 4 aromatic rings. The molecule has 0 saturated carbocycles. The third kappa shape index (κ3) is 8.96. The minimum absolute atomic E-state index is 0.00843. The van der Waals surface area contributed by atoms with Gasteiger partial charge in [-0.15, -0.1) is 0 Å². The first kappa shape index (κ1) is 35.6. The van der Waals surface area contributed by atoms with Crippen molar-refractivity contribution in [1.82, 2.24) is 10.2 Å². The second-order valence-electron chi connectivity index (χ2n) is 10.5. The number of rotatable bonds is 14. The lowest BCUT2D eigenvalue weighted by Gasteiger charge is -2.34. The van der Waals surface area contributed by atoms with Crippen LogP contribution in [0, 0.1) is 0 Å². The highest BCUT2D eigenvalue weighted by atomic mass is 35.5. The highest BCUT2D eigenvalue weighted by molar-refractivity contribution is 7.92. The lowest BCUT2D eigenvalue weighted by molar-refractivity contribution is -0.140. The van der Waals surface area contributed by atoms with E-state index in [4.69, 9.17) is 46.4 Å². The third-order valence-electron chi connectivity index (χ3n) is 7.28. The summed E-state index contributed by atoms with van der Waals surface area (Å²) in [5.74, 6) is -1.08. The van der Waals surface area contributed by atoms with Gasteiger partial charge in [-0.25, -0.2) is 8.42 Å². The van der Waals surface area contributed by atoms with Gasteiger partial charge >= 0.3 is 0 Å². The smallest absolute Gasteiger partial charge is 0.264 e. The molecule has 242 valence electrons. The molecule has 0 fully saturated rings. The molecular weight excluding hydrogens is 688 g/mol. The number of carbonyl (C=O) groups excluding carboxylic acids is 2. The first-order valence-corrected chi connectivity index (χ1v) is 17.5. The summed E-state index contributed by atoms with van der Waals surface area (Å²) in [4.78, 5) is 29.7. The molecule has 0 unspecified atom stereocenters. The first-order chi connectivity index (χ1) is 22.0. The fourth-order valence-electron chi connectivity index (χ4n) is 4.82. The summed E-state index contributed by atoms with van der Waals surface area (Å²) in [5.41, 5.74) is 1.22. The van der Waals surface area contributed by atoms with E-state index in [1.54, 1.807) is 36.4 Å². The molecule has 4 rings (SSSR count). The Morgan fingerprint density at radius 2 is 1.43 bits per heavy atom. The Balaban J connectivity index is 1.85. The van der Waals surface area contributed by atoms with Crippen molar-refractivity contribution in [3.63, 3.8) is 0 Å². The van der Waals surface area contributed by atoms with Crippen molar-refractivity contribution in [2.45, 2.75) is 43.7 Å². The number of hydrogen-bond acceptors (Lipinski definition) is 4. The molecule has 0 bridgehead atoms. The van der Waals surface area contributed by atoms with Crippen molar-refractivity contribution in [3.8, 4) is 0 Å². The zero-order valence-electron chi connectivity index (χ0n) is 25.0. The normalized spacial score (nSPS) is 11.9. The average molecular weight is 722 g/mol. The molecule has 2 amide bonds. The summed E-state index contributed by atoms with van der Waals surface area (Å²) in [6.07, 6.45) is 1.74. The Kier molecular flexibility index (Phi) is 12.8. The number of sulfonamides is 1. The SMILES string of the molecule is CCCCNC(=O)[C@H](Cc1ccccc1)N(Cc1c(Cl)cccc1Cl)C(=O)CN(c1cc(Cl)ccc1Cl)S(=O)(=O)c1ccccc1. The van der Waals surface area contributed by atoms with Crippen molar-refractivity contribution in [2.75, 3.05) is 17.4 Å². The van der Waals surface area contributed by atoms with E-state index in [1.165, 1.54) is 35.2 Å². The molecule has 1 atom stereocenters. The lowest BCUT2D eigenvalue weighted by Crippen LogP contribution is -2.53. The van der Waals surface area contributed by atoms with Gasteiger partial charge in [-0.2, -0.15) is 0 Å². The van der Waals surface area contributed by atoms with Gasteiger partial charge in [0, 0.05) is 40.1 Å². The molecule has 0 spiro atoms. The quantitative estimate of drug-likeness (QED) is 0.134. The fourth-order valence-corrected chi connectivity index (χ4v) is 7.22. The van der Waals surface area contributed by atoms with E-state index in [2.05, 4.69) is 5.32 Å². The standard InChI is InChI=1S/C34H33Cl4N3O4S/c1-2-3-19-39-34(43)32(20-24-11-6-4-7-12-24)40(22-27-28(36)15-10-16-29(27)37)33(42)23-41(31-21-25(35)17-18-30(31)38)46(44,45)26-13-8-5-9-14-26/h4-18,21,32H,2-3,19-20,22-23H2,1H3,(H,39,43)/t32-/m0/s1. The third-order valence-corrected chi connectivity index (χ3v) is 10.3. The molecule has 12 heteroatoms. The zero-order chi connectivity index (χ0) is 33.3. The zero-order valence-corrected chi connectivity index (χ0v) is 28.8. The van der Waals surface area contributed by atoms with Gasteiger partial charge in [0.15, 0.2) is 0 Å². The molecule has 0 aliphatic heterocycles. The monoisotopic (exact) mass is 719 g/mol. The van der Waals surface area contributed by atoms with Gasteiger partial charge in [-0.05, 0) is 54.4 Å². The van der Waals surface area contributed by atoms with Crippen LogP contribution in [0.1, 0.15) is 30.9 Å². The van der Waals surface area contributed by atoms with Gasteiger partial charge in [0.25, 0.3) is 10.0 Å². The highest BCUT2D eigenvalue weighted by Gasteiger charge is 2.35. The number of amides is 2. The summed E-state index contributed by atoms with van der Waals surface area (Å²) in [6, 6.07) is 25.2. The number of anilines is 1. The van der Waals surface area contributed by atoms with E-state index < -0.39 is 34.4 Å². The van der Waals surface area contributed by atoms with Crippen LogP contribution in [0.4, 0.5) is 5.69 Å². The molecule has 0 heterocycles. The maximum absolute atomic E-state index is 14.6. The van der Waals surface area contributed by atoms with Crippen molar-refractivity contribution in [1.29, 1.82) is 0 Å². The fraction of sp³-hybridized carbons (Fsp3) is 0.235. The number of carbonyl (C=O) groups is 2. The Morgan fingerprint density at radius 3 is 2.07 bits per heavy atom. The number of unbranched alkanes of at least 4 members (excludes halogenated alkanes) is 1. The number of halogens is 4. The Bertz CT molecular complexity index is 1740. The van der Waals surface area contributed by atoms with Crippen LogP contribution in [0.15, 0.2) is 102 Å². The number of benzene rings is 4. The van der Waals surface area contributed by atoms with Gasteiger partial charge < -0.3 is 10.2 Å². The maximum atomic E-state index is 14.6. The average Bonchev–Trinajstić information content (AvgIpc) is 3.04. The van der Waals surface area contributed by atoms with Gasteiger partial charge in [0.05, 0.1) is 15.6 Å². The van der Waals surface area contributed by atoms with Crippen LogP contribution >= 0.6 is 46.4 Å². The van der Waals surface area contributed by atoms with Crippen LogP contribution in [-0.2, 0) is 32.6 Å². The van der Waals surface area contributed by atoms with Crippen LogP contribution in [-0.4, -0.2) is 44.3 Å².